The summed E-state index contributed by atoms with van der Waals surface area (Å²) < 4.78 is 0. The first-order valence-electron chi connectivity index (χ1n) is 11.7. The molecule has 0 atom stereocenters. The van der Waals surface area contributed by atoms with Gasteiger partial charge in [0, 0.05) is 37.0 Å². The van der Waals surface area contributed by atoms with Gasteiger partial charge in [0.1, 0.15) is 5.78 Å². The quantitative estimate of drug-likeness (QED) is 0.253. The molecule has 2 heteroatoms. The number of ketones is 1. The molecule has 1 saturated heterocycles. The summed E-state index contributed by atoms with van der Waals surface area (Å²) in [5.74, 6) is 0.378. The molecule has 0 bridgehead atoms. The Labute approximate surface area is 192 Å². The molecule has 0 aromatic heterocycles. The molecule has 6 aromatic rings. The minimum Gasteiger partial charge on any atom is -0.370 e. The number of carbonyl (C=O) groups is 1. The van der Waals surface area contributed by atoms with E-state index >= 15 is 0 Å². The lowest BCUT2D eigenvalue weighted by atomic mass is 9.95. The number of nitrogens with zero attached hydrogens (tertiary/aromatic N) is 1. The van der Waals surface area contributed by atoms with Crippen LogP contribution in [0, 0.1) is 0 Å². The molecule has 33 heavy (non-hydrogen) atoms. The zero-order valence-corrected chi connectivity index (χ0v) is 18.3. The van der Waals surface area contributed by atoms with Gasteiger partial charge in [-0.05, 0) is 103 Å². The second-order valence-corrected chi connectivity index (χ2v) is 9.32. The van der Waals surface area contributed by atoms with Gasteiger partial charge < -0.3 is 4.90 Å². The molecule has 0 amide bonds. The molecule has 0 spiro atoms. The molecule has 1 heterocycles. The van der Waals surface area contributed by atoms with E-state index in [1.165, 1.54) is 59.5 Å². The Bertz CT molecular complexity index is 1740. The Morgan fingerprint density at radius 2 is 0.939 bits per heavy atom. The van der Waals surface area contributed by atoms with Gasteiger partial charge in [0.05, 0.1) is 0 Å². The van der Waals surface area contributed by atoms with Crippen LogP contribution in [0.4, 0.5) is 5.69 Å². The summed E-state index contributed by atoms with van der Waals surface area (Å²) in [5.41, 5.74) is 1.24. The highest BCUT2D eigenvalue weighted by Gasteiger charge is 2.18. The Balaban J connectivity index is 1.44. The Kier molecular flexibility index (Phi) is 3.98. The van der Waals surface area contributed by atoms with E-state index < -0.39 is 0 Å². The predicted molar refractivity (Wildman–Crippen MR) is 140 cm³/mol. The van der Waals surface area contributed by atoms with Crippen LogP contribution in [0.5, 0.6) is 0 Å². The van der Waals surface area contributed by atoms with Crippen molar-refractivity contribution in [2.75, 3.05) is 18.0 Å². The van der Waals surface area contributed by atoms with Gasteiger partial charge in [-0.15, -0.1) is 0 Å². The zero-order chi connectivity index (χ0) is 21.9. The van der Waals surface area contributed by atoms with Crippen LogP contribution in [0.25, 0.3) is 53.9 Å². The van der Waals surface area contributed by atoms with Crippen LogP contribution in [0.15, 0.2) is 91.0 Å². The number of fused-ring (bicyclic) bond motifs is 5. The maximum atomic E-state index is 11.7. The average Bonchev–Trinajstić information content (AvgIpc) is 2.84. The summed E-state index contributed by atoms with van der Waals surface area (Å²) in [5, 5.41) is 12.7. The van der Waals surface area contributed by atoms with Crippen molar-refractivity contribution in [1.29, 1.82) is 0 Å². The maximum absolute atomic E-state index is 11.7. The number of piperidine rings is 1. The van der Waals surface area contributed by atoms with Gasteiger partial charge >= 0.3 is 0 Å². The van der Waals surface area contributed by atoms with Gasteiger partial charge in [0.15, 0.2) is 0 Å². The number of anilines is 1. The number of benzene rings is 6. The van der Waals surface area contributed by atoms with E-state index in [1.54, 1.807) is 0 Å². The van der Waals surface area contributed by atoms with Gasteiger partial charge in [-0.25, -0.2) is 0 Å². The lowest BCUT2D eigenvalue weighted by Gasteiger charge is -2.29. The van der Waals surface area contributed by atoms with Crippen LogP contribution in [0.3, 0.4) is 0 Å². The van der Waals surface area contributed by atoms with Crippen molar-refractivity contribution in [3.63, 3.8) is 0 Å². The van der Waals surface area contributed by atoms with Crippen LogP contribution in [-0.4, -0.2) is 18.9 Å². The van der Waals surface area contributed by atoms with E-state index in [0.717, 1.165) is 13.1 Å². The van der Waals surface area contributed by atoms with Crippen LogP contribution in [0.2, 0.25) is 0 Å². The van der Waals surface area contributed by atoms with Crippen molar-refractivity contribution >= 4 is 65.3 Å². The van der Waals surface area contributed by atoms with Gasteiger partial charge in [0.2, 0.25) is 0 Å². The van der Waals surface area contributed by atoms with Crippen molar-refractivity contribution < 1.29 is 4.79 Å². The lowest BCUT2D eigenvalue weighted by Crippen LogP contribution is -2.33. The molecular formula is C31H23NO. The number of hydrogen-bond acceptors (Lipinski definition) is 2. The third-order valence-electron chi connectivity index (χ3n) is 7.25. The van der Waals surface area contributed by atoms with E-state index in [0.29, 0.717) is 18.6 Å². The SMILES string of the molecule is O=C1CCN(c2cccc3cc4cc5cc6cc7ccccc7cc6cc5cc4cc23)CC1. The molecule has 0 saturated carbocycles. The number of hydrogen-bond donors (Lipinski definition) is 0. The molecule has 0 N–H and O–H groups in total. The largest absolute Gasteiger partial charge is 0.370 e. The third kappa shape index (κ3) is 3.06. The van der Waals surface area contributed by atoms with E-state index in [2.05, 4.69) is 95.9 Å². The van der Waals surface area contributed by atoms with Crippen LogP contribution < -0.4 is 4.90 Å². The Morgan fingerprint density at radius 3 is 1.52 bits per heavy atom. The maximum Gasteiger partial charge on any atom is 0.136 e. The number of Topliss-reactive ketones (excluding diaryl/α,β-unsaturated/α-hetero) is 1. The van der Waals surface area contributed by atoms with Crippen molar-refractivity contribution in [2.45, 2.75) is 12.8 Å². The topological polar surface area (TPSA) is 20.3 Å². The third-order valence-corrected chi connectivity index (χ3v) is 7.25. The molecule has 1 aliphatic heterocycles. The molecule has 2 nitrogen and oxygen atoms in total. The fourth-order valence-corrected chi connectivity index (χ4v) is 5.48. The smallest absolute Gasteiger partial charge is 0.136 e. The molecular weight excluding hydrogens is 402 g/mol. The normalized spacial score (nSPS) is 14.8. The second kappa shape index (κ2) is 7.05. The zero-order valence-electron chi connectivity index (χ0n) is 18.3. The van der Waals surface area contributed by atoms with E-state index in [4.69, 9.17) is 0 Å². The molecule has 1 aliphatic rings. The van der Waals surface area contributed by atoms with Crippen molar-refractivity contribution in [3.05, 3.63) is 91.0 Å². The van der Waals surface area contributed by atoms with Crippen molar-refractivity contribution in [1.82, 2.24) is 0 Å². The summed E-state index contributed by atoms with van der Waals surface area (Å²) in [6.07, 6.45) is 1.30. The van der Waals surface area contributed by atoms with E-state index in [-0.39, 0.29) is 0 Å². The lowest BCUT2D eigenvalue weighted by molar-refractivity contribution is -0.119. The van der Waals surface area contributed by atoms with Gasteiger partial charge in [0.25, 0.3) is 0 Å². The van der Waals surface area contributed by atoms with Crippen LogP contribution >= 0.6 is 0 Å². The molecule has 0 aliphatic carbocycles. The molecule has 0 unspecified atom stereocenters. The van der Waals surface area contributed by atoms with Crippen LogP contribution in [-0.2, 0) is 4.79 Å². The summed E-state index contributed by atoms with van der Waals surface area (Å²) in [6, 6.07) is 33.6. The standard InChI is InChI=1S/C31H23NO/c33-29-8-10-32(11-9-29)31-7-3-6-22-14-25-17-26-15-23-12-20-4-1-2-5-21(20)13-24(23)16-27(26)18-28(25)19-30(22)31/h1-7,12-19H,8-11H2. The summed E-state index contributed by atoms with van der Waals surface area (Å²) in [6.45, 7) is 1.63. The molecule has 0 radical (unpaired) electrons. The molecule has 7 rings (SSSR count). The van der Waals surface area contributed by atoms with Gasteiger partial charge in [-0.1, -0.05) is 36.4 Å². The average molecular weight is 426 g/mol. The highest BCUT2D eigenvalue weighted by Crippen LogP contribution is 2.35. The van der Waals surface area contributed by atoms with E-state index in [9.17, 15) is 4.79 Å². The first kappa shape index (κ1) is 18.6. The molecule has 1 fully saturated rings. The second-order valence-electron chi connectivity index (χ2n) is 9.32. The highest BCUT2D eigenvalue weighted by atomic mass is 16.1. The minimum absolute atomic E-state index is 0.378. The molecule has 6 aromatic carbocycles. The van der Waals surface area contributed by atoms with Crippen molar-refractivity contribution in [3.8, 4) is 0 Å². The van der Waals surface area contributed by atoms with Gasteiger partial charge in [-0.3, -0.25) is 4.79 Å². The van der Waals surface area contributed by atoms with Gasteiger partial charge in [-0.2, -0.15) is 0 Å². The fraction of sp³-hybridized carbons (Fsp3) is 0.129. The number of rotatable bonds is 1. The predicted octanol–water partition coefficient (Wildman–Crippen LogP) is 7.62. The highest BCUT2D eigenvalue weighted by molar-refractivity contribution is 6.11. The Morgan fingerprint density at radius 1 is 0.485 bits per heavy atom. The Hall–Kier alpha value is -3.91. The van der Waals surface area contributed by atoms with E-state index in [1.807, 2.05) is 0 Å². The number of carbonyl (C=O) groups excluding carboxylic acids is 1. The fourth-order valence-electron chi connectivity index (χ4n) is 5.48. The van der Waals surface area contributed by atoms with Crippen LogP contribution in [0.1, 0.15) is 12.8 Å². The summed E-state index contributed by atoms with van der Waals surface area (Å²) in [7, 11) is 0. The summed E-state index contributed by atoms with van der Waals surface area (Å²) in [4.78, 5) is 14.1. The van der Waals surface area contributed by atoms with Crippen molar-refractivity contribution in [2.24, 2.45) is 0 Å². The first-order chi connectivity index (χ1) is 16.2. The first-order valence-corrected chi connectivity index (χ1v) is 11.7. The molecule has 158 valence electrons. The monoisotopic (exact) mass is 425 g/mol. The minimum atomic E-state index is 0.378. The summed E-state index contributed by atoms with van der Waals surface area (Å²) >= 11 is 0.